The number of carbonyl (C=O) groups is 2. The van der Waals surface area contributed by atoms with Crippen LogP contribution < -0.4 is 5.32 Å². The number of hydrogen-bond acceptors (Lipinski definition) is 2. The zero-order chi connectivity index (χ0) is 17.6. The van der Waals surface area contributed by atoms with Gasteiger partial charge >= 0.3 is 0 Å². The molecule has 1 N–H and O–H groups in total. The van der Waals surface area contributed by atoms with E-state index in [1.54, 1.807) is 0 Å². The maximum Gasteiger partial charge on any atom is 0.219 e. The summed E-state index contributed by atoms with van der Waals surface area (Å²) in [5.41, 5.74) is -0.263. The Hall–Kier alpha value is -0.860. The lowest BCUT2D eigenvalue weighted by atomic mass is 9.88. The number of ketones is 1. The average molecular weight is 326 g/mol. The number of unbranched alkanes of at least 4 members (excludes halogenated alkanes) is 8. The van der Waals surface area contributed by atoms with Crippen LogP contribution in [0.3, 0.4) is 0 Å². The lowest BCUT2D eigenvalue weighted by molar-refractivity contribution is -0.126. The summed E-state index contributed by atoms with van der Waals surface area (Å²) in [7, 11) is 0. The van der Waals surface area contributed by atoms with E-state index in [1.165, 1.54) is 44.9 Å². The van der Waals surface area contributed by atoms with Gasteiger partial charge in [0.1, 0.15) is 5.78 Å². The molecule has 0 saturated carbocycles. The van der Waals surface area contributed by atoms with Crippen LogP contribution in [0.1, 0.15) is 105 Å². The first-order valence-corrected chi connectivity index (χ1v) is 9.68. The highest BCUT2D eigenvalue weighted by molar-refractivity contribution is 5.83. The monoisotopic (exact) mass is 325 g/mol. The van der Waals surface area contributed by atoms with E-state index >= 15 is 0 Å². The van der Waals surface area contributed by atoms with Crippen LogP contribution in [0.25, 0.3) is 0 Å². The van der Waals surface area contributed by atoms with E-state index < -0.39 is 0 Å². The molecule has 136 valence electrons. The first-order chi connectivity index (χ1) is 10.9. The van der Waals surface area contributed by atoms with Crippen LogP contribution in [0.2, 0.25) is 0 Å². The Morgan fingerprint density at radius 3 is 1.78 bits per heavy atom. The molecule has 0 atom stereocenters. The molecule has 0 heterocycles. The lowest BCUT2D eigenvalue weighted by Crippen LogP contribution is -2.26. The highest BCUT2D eigenvalue weighted by atomic mass is 16.1. The number of nitrogens with one attached hydrogen (secondary N) is 1. The Labute approximate surface area is 144 Å². The third-order valence-electron chi connectivity index (χ3n) is 4.25. The van der Waals surface area contributed by atoms with Crippen LogP contribution in [0.4, 0.5) is 0 Å². The predicted octanol–water partition coefficient (Wildman–Crippen LogP) is 5.42. The van der Waals surface area contributed by atoms with Gasteiger partial charge in [0.25, 0.3) is 0 Å². The molecule has 0 aromatic heterocycles. The van der Waals surface area contributed by atoms with Crippen LogP contribution in [0.5, 0.6) is 0 Å². The standard InChI is InChI=1S/C20H39NO2/c1-5-6-7-8-9-10-11-12-13-16-19(23)21-17-14-15-18(22)20(2,3)4/h5-17H2,1-4H3,(H,21,23). The van der Waals surface area contributed by atoms with Gasteiger partial charge in [-0.05, 0) is 12.8 Å². The summed E-state index contributed by atoms with van der Waals surface area (Å²) in [6.07, 6.45) is 13.4. The SMILES string of the molecule is CCCCCCCCCCCC(=O)NCCCC(=O)C(C)(C)C. The number of hydrogen-bond donors (Lipinski definition) is 1. The smallest absolute Gasteiger partial charge is 0.219 e. The molecular weight excluding hydrogens is 286 g/mol. The average Bonchev–Trinajstić information content (AvgIpc) is 2.48. The molecule has 0 aliphatic heterocycles. The van der Waals surface area contributed by atoms with Gasteiger partial charge in [-0.1, -0.05) is 79.1 Å². The molecule has 23 heavy (non-hydrogen) atoms. The minimum absolute atomic E-state index is 0.135. The number of amides is 1. The molecule has 3 heteroatoms. The summed E-state index contributed by atoms with van der Waals surface area (Å²) in [5.74, 6) is 0.404. The van der Waals surface area contributed by atoms with Crippen LogP contribution in [-0.2, 0) is 9.59 Å². The maximum atomic E-state index is 11.8. The second kappa shape index (κ2) is 13.6. The van der Waals surface area contributed by atoms with Gasteiger partial charge in [-0.3, -0.25) is 9.59 Å². The maximum absolute atomic E-state index is 11.8. The number of carbonyl (C=O) groups excluding carboxylic acids is 2. The van der Waals surface area contributed by atoms with Crippen LogP contribution in [0, 0.1) is 5.41 Å². The third kappa shape index (κ3) is 14.5. The van der Waals surface area contributed by atoms with Crippen molar-refractivity contribution in [3.63, 3.8) is 0 Å². The molecule has 0 aromatic carbocycles. The molecule has 0 aromatic rings. The summed E-state index contributed by atoms with van der Waals surface area (Å²) >= 11 is 0. The fourth-order valence-corrected chi connectivity index (χ4v) is 2.54. The van der Waals surface area contributed by atoms with Crippen LogP contribution in [0.15, 0.2) is 0 Å². The fourth-order valence-electron chi connectivity index (χ4n) is 2.54. The zero-order valence-corrected chi connectivity index (χ0v) is 16.0. The van der Waals surface area contributed by atoms with Crippen molar-refractivity contribution in [1.29, 1.82) is 0 Å². The molecule has 0 aliphatic carbocycles. The van der Waals surface area contributed by atoms with Gasteiger partial charge in [0.15, 0.2) is 0 Å². The molecule has 0 rings (SSSR count). The topological polar surface area (TPSA) is 46.2 Å². The minimum atomic E-state index is -0.263. The highest BCUT2D eigenvalue weighted by Crippen LogP contribution is 2.17. The van der Waals surface area contributed by atoms with Gasteiger partial charge in [-0.25, -0.2) is 0 Å². The van der Waals surface area contributed by atoms with E-state index in [2.05, 4.69) is 12.2 Å². The molecule has 0 bridgehead atoms. The summed E-state index contributed by atoms with van der Waals surface area (Å²) in [6.45, 7) is 8.69. The van der Waals surface area contributed by atoms with E-state index in [4.69, 9.17) is 0 Å². The number of Topliss-reactive ketones (excluding diaryl/α,β-unsaturated/α-hetero) is 1. The molecule has 3 nitrogen and oxygen atoms in total. The van der Waals surface area contributed by atoms with Crippen molar-refractivity contribution < 1.29 is 9.59 Å². The second-order valence-electron chi connectivity index (χ2n) is 7.71. The fraction of sp³-hybridized carbons (Fsp3) is 0.900. The van der Waals surface area contributed by atoms with E-state index in [0.717, 1.165) is 19.3 Å². The molecule has 0 aliphatic rings. The van der Waals surface area contributed by atoms with E-state index in [9.17, 15) is 9.59 Å². The molecule has 0 fully saturated rings. The quantitative estimate of drug-likeness (QED) is 0.433. The normalized spacial score (nSPS) is 11.5. The van der Waals surface area contributed by atoms with E-state index in [-0.39, 0.29) is 17.1 Å². The summed E-state index contributed by atoms with van der Waals surface area (Å²) in [6, 6.07) is 0. The van der Waals surface area contributed by atoms with Crippen molar-refractivity contribution in [3.8, 4) is 0 Å². The Kier molecular flexibility index (Phi) is 13.1. The van der Waals surface area contributed by atoms with Crippen LogP contribution >= 0.6 is 0 Å². The van der Waals surface area contributed by atoms with Gasteiger partial charge in [-0.15, -0.1) is 0 Å². The van der Waals surface area contributed by atoms with E-state index in [0.29, 0.717) is 19.4 Å². The summed E-state index contributed by atoms with van der Waals surface area (Å²) in [5, 5.41) is 2.92. The van der Waals surface area contributed by atoms with Crippen LogP contribution in [-0.4, -0.2) is 18.2 Å². The Bertz CT molecular complexity index is 318. The second-order valence-corrected chi connectivity index (χ2v) is 7.71. The summed E-state index contributed by atoms with van der Waals surface area (Å²) < 4.78 is 0. The highest BCUT2D eigenvalue weighted by Gasteiger charge is 2.19. The van der Waals surface area contributed by atoms with Crippen molar-refractivity contribution >= 4 is 11.7 Å². The molecule has 0 unspecified atom stereocenters. The third-order valence-corrected chi connectivity index (χ3v) is 4.25. The van der Waals surface area contributed by atoms with Crippen molar-refractivity contribution in [2.45, 2.75) is 105 Å². The number of rotatable bonds is 14. The predicted molar refractivity (Wildman–Crippen MR) is 98.5 cm³/mol. The van der Waals surface area contributed by atoms with Crippen molar-refractivity contribution in [1.82, 2.24) is 5.32 Å². The van der Waals surface area contributed by atoms with Gasteiger partial charge in [0, 0.05) is 24.8 Å². The molecule has 0 radical (unpaired) electrons. The summed E-state index contributed by atoms with van der Waals surface area (Å²) in [4.78, 5) is 23.4. The Morgan fingerprint density at radius 2 is 1.26 bits per heavy atom. The minimum Gasteiger partial charge on any atom is -0.356 e. The van der Waals surface area contributed by atoms with Gasteiger partial charge < -0.3 is 5.32 Å². The Balaban J connectivity index is 3.36. The largest absolute Gasteiger partial charge is 0.356 e. The van der Waals surface area contributed by atoms with Gasteiger partial charge in [0.2, 0.25) is 5.91 Å². The van der Waals surface area contributed by atoms with Gasteiger partial charge in [-0.2, -0.15) is 0 Å². The zero-order valence-electron chi connectivity index (χ0n) is 16.0. The Morgan fingerprint density at radius 1 is 0.739 bits per heavy atom. The first kappa shape index (κ1) is 22.1. The van der Waals surface area contributed by atoms with Crippen molar-refractivity contribution in [3.05, 3.63) is 0 Å². The first-order valence-electron chi connectivity index (χ1n) is 9.68. The lowest BCUT2D eigenvalue weighted by Gasteiger charge is -2.16. The van der Waals surface area contributed by atoms with Crippen molar-refractivity contribution in [2.75, 3.05) is 6.54 Å². The molecule has 0 spiro atoms. The molecule has 0 saturated heterocycles. The van der Waals surface area contributed by atoms with Gasteiger partial charge in [0.05, 0.1) is 0 Å². The van der Waals surface area contributed by atoms with Crippen molar-refractivity contribution in [2.24, 2.45) is 5.41 Å². The molecular formula is C20H39NO2. The molecule has 1 amide bonds. The van der Waals surface area contributed by atoms with E-state index in [1.807, 2.05) is 20.8 Å².